The highest BCUT2D eigenvalue weighted by Gasteiger charge is 2.35. The number of halogens is 1. The maximum Gasteiger partial charge on any atom is 0.338 e. The van der Waals surface area contributed by atoms with E-state index in [4.69, 9.17) is 19.3 Å². The number of fused-ring (bicyclic) bond motifs is 1. The number of carbonyl (C=O) groups excluding carboxylic acids is 1. The number of hydrogen-bond acceptors (Lipinski definition) is 8. The summed E-state index contributed by atoms with van der Waals surface area (Å²) in [6.07, 6.45) is 1.37. The van der Waals surface area contributed by atoms with Gasteiger partial charge in [0.2, 0.25) is 0 Å². The van der Waals surface area contributed by atoms with E-state index in [1.807, 2.05) is 30.3 Å². The summed E-state index contributed by atoms with van der Waals surface area (Å²) in [6.45, 7) is 5.47. The van der Waals surface area contributed by atoms with Crippen molar-refractivity contribution in [1.82, 2.24) is 4.57 Å². The summed E-state index contributed by atoms with van der Waals surface area (Å²) in [5, 5.41) is 9.15. The number of carbonyl (C=O) groups is 2. The third-order valence-corrected chi connectivity index (χ3v) is 8.35. The molecule has 0 unspecified atom stereocenters. The quantitative estimate of drug-likeness (QED) is 0.241. The number of thiazole rings is 1. The van der Waals surface area contributed by atoms with Crippen LogP contribution in [-0.4, -0.2) is 34.8 Å². The van der Waals surface area contributed by atoms with E-state index in [0.29, 0.717) is 37.7 Å². The van der Waals surface area contributed by atoms with Crippen molar-refractivity contribution in [3.63, 3.8) is 0 Å². The zero-order chi connectivity index (χ0) is 31.5. The second-order valence-corrected chi connectivity index (χ2v) is 12.2. The van der Waals surface area contributed by atoms with Gasteiger partial charge in [0, 0.05) is 15.6 Å². The van der Waals surface area contributed by atoms with Crippen molar-refractivity contribution in [1.29, 1.82) is 0 Å². The number of methoxy groups -OCH3 is 1. The number of aromatic carboxylic acids is 1. The van der Waals surface area contributed by atoms with Gasteiger partial charge in [0.25, 0.3) is 5.56 Å². The number of allylic oxidation sites excluding steroid dienone is 1. The van der Waals surface area contributed by atoms with Crippen molar-refractivity contribution in [3.05, 3.63) is 124 Å². The number of nitrogens with zero attached hydrogens (tertiary/aromatic N) is 2. The molecule has 5 rings (SSSR count). The zero-order valence-electron chi connectivity index (χ0n) is 24.4. The second kappa shape index (κ2) is 13.0. The number of carboxylic acids is 1. The van der Waals surface area contributed by atoms with Crippen molar-refractivity contribution < 1.29 is 28.9 Å². The molecule has 9 nitrogen and oxygen atoms in total. The van der Waals surface area contributed by atoms with E-state index in [-0.39, 0.29) is 29.4 Å². The van der Waals surface area contributed by atoms with Crippen LogP contribution in [-0.2, 0) is 16.1 Å². The average Bonchev–Trinajstić information content (AvgIpc) is 3.29. The minimum Gasteiger partial charge on any atom is -0.496 e. The van der Waals surface area contributed by atoms with Crippen molar-refractivity contribution in [2.24, 2.45) is 4.99 Å². The van der Waals surface area contributed by atoms with Gasteiger partial charge in [0.05, 0.1) is 34.6 Å². The first-order chi connectivity index (χ1) is 21.1. The molecule has 1 N–H and O–H groups in total. The van der Waals surface area contributed by atoms with Crippen LogP contribution in [0.3, 0.4) is 0 Å². The lowest BCUT2D eigenvalue weighted by atomic mass is 9.95. The first kappa shape index (κ1) is 31.0. The first-order valence-corrected chi connectivity index (χ1v) is 15.3. The predicted molar refractivity (Wildman–Crippen MR) is 170 cm³/mol. The minimum absolute atomic E-state index is 0.194. The number of benzene rings is 3. The third kappa shape index (κ3) is 6.39. The molecule has 0 aliphatic carbocycles. The van der Waals surface area contributed by atoms with Gasteiger partial charge in [-0.15, -0.1) is 0 Å². The molecule has 1 atom stereocenters. The summed E-state index contributed by atoms with van der Waals surface area (Å²) in [5.74, 6) is -0.502. The molecule has 1 aliphatic rings. The van der Waals surface area contributed by atoms with Gasteiger partial charge < -0.3 is 19.3 Å². The van der Waals surface area contributed by atoms with Crippen LogP contribution in [0.1, 0.15) is 53.9 Å². The lowest BCUT2D eigenvalue weighted by Gasteiger charge is -2.26. The van der Waals surface area contributed by atoms with Gasteiger partial charge in [0.15, 0.2) is 4.80 Å². The van der Waals surface area contributed by atoms with Crippen LogP contribution in [0.4, 0.5) is 0 Å². The maximum absolute atomic E-state index is 14.1. The minimum atomic E-state index is -0.996. The van der Waals surface area contributed by atoms with E-state index in [2.05, 4.69) is 20.9 Å². The van der Waals surface area contributed by atoms with E-state index >= 15 is 0 Å². The number of esters is 1. The van der Waals surface area contributed by atoms with Gasteiger partial charge >= 0.3 is 11.9 Å². The molecule has 0 fully saturated rings. The van der Waals surface area contributed by atoms with Gasteiger partial charge in [0.1, 0.15) is 24.1 Å². The Morgan fingerprint density at radius 1 is 1.09 bits per heavy atom. The molecule has 0 spiro atoms. The summed E-state index contributed by atoms with van der Waals surface area (Å²) < 4.78 is 20.0. The molecule has 1 aliphatic heterocycles. The standard InChI is InChI=1S/C33H29BrN2O7S/c1-18(2)43-32(40)28-19(3)35-33-36(29(28)24-16-23(34)13-14-26(24)41-4)30(37)27(44-33)15-22-7-5-6-8-25(22)42-17-20-9-11-21(12-10-20)31(38)39/h5-16,18,29H,17H2,1-4H3,(H,38,39)/b27-15-/t29-/m1/s1. The molecule has 0 amide bonds. The molecule has 226 valence electrons. The SMILES string of the molecule is COc1ccc(Br)cc1[C@@H]1C(C(=O)OC(C)C)=C(C)N=c2s/c(=C\c3ccccc3OCc3ccc(C(=O)O)cc3)c(=O)n21. The Hall–Kier alpha value is -4.48. The molecule has 0 saturated heterocycles. The fraction of sp³-hybridized carbons (Fsp3) is 0.212. The Kier molecular flexibility index (Phi) is 9.17. The molecule has 0 saturated carbocycles. The van der Waals surface area contributed by atoms with E-state index in [0.717, 1.165) is 10.0 Å². The second-order valence-electron chi connectivity index (χ2n) is 10.3. The topological polar surface area (TPSA) is 116 Å². The molecule has 2 heterocycles. The highest BCUT2D eigenvalue weighted by molar-refractivity contribution is 9.10. The van der Waals surface area contributed by atoms with Crippen LogP contribution < -0.4 is 24.4 Å². The van der Waals surface area contributed by atoms with Gasteiger partial charge in [-0.1, -0.05) is 57.6 Å². The Balaban J connectivity index is 1.60. The number of para-hydroxylation sites is 1. The van der Waals surface area contributed by atoms with E-state index in [1.165, 1.54) is 35.1 Å². The van der Waals surface area contributed by atoms with E-state index in [9.17, 15) is 14.4 Å². The number of hydrogen-bond donors (Lipinski definition) is 1. The Bertz CT molecular complexity index is 1960. The van der Waals surface area contributed by atoms with Crippen molar-refractivity contribution in [2.45, 2.75) is 39.5 Å². The summed E-state index contributed by atoms with van der Waals surface area (Å²) >= 11 is 4.73. The highest BCUT2D eigenvalue weighted by atomic mass is 79.9. The fourth-order valence-electron chi connectivity index (χ4n) is 4.85. The summed E-state index contributed by atoms with van der Waals surface area (Å²) in [6, 6.07) is 18.4. The summed E-state index contributed by atoms with van der Waals surface area (Å²) in [4.78, 5) is 43.8. The maximum atomic E-state index is 14.1. The molecule has 11 heteroatoms. The Morgan fingerprint density at radius 3 is 2.50 bits per heavy atom. The van der Waals surface area contributed by atoms with Gasteiger partial charge in [-0.25, -0.2) is 14.6 Å². The fourth-order valence-corrected chi connectivity index (χ4v) is 6.27. The Labute approximate surface area is 265 Å². The molecule has 1 aromatic heterocycles. The zero-order valence-corrected chi connectivity index (χ0v) is 26.8. The highest BCUT2D eigenvalue weighted by Crippen LogP contribution is 2.37. The first-order valence-electron chi connectivity index (χ1n) is 13.7. The summed E-state index contributed by atoms with van der Waals surface area (Å²) in [5.41, 5.74) is 2.65. The molecular formula is C33H29BrN2O7S. The number of ether oxygens (including phenoxy) is 3. The van der Waals surface area contributed by atoms with Gasteiger partial charge in [-0.3, -0.25) is 9.36 Å². The smallest absolute Gasteiger partial charge is 0.338 e. The third-order valence-electron chi connectivity index (χ3n) is 6.87. The number of rotatable bonds is 9. The molecule has 0 radical (unpaired) electrons. The van der Waals surface area contributed by atoms with Crippen LogP contribution in [0.15, 0.2) is 92.3 Å². The van der Waals surface area contributed by atoms with Gasteiger partial charge in [-0.05, 0) is 68.8 Å². The number of aromatic nitrogens is 1. The van der Waals surface area contributed by atoms with E-state index < -0.39 is 18.0 Å². The monoisotopic (exact) mass is 676 g/mol. The average molecular weight is 678 g/mol. The lowest BCUT2D eigenvalue weighted by Crippen LogP contribution is -2.40. The lowest BCUT2D eigenvalue weighted by molar-refractivity contribution is -0.143. The largest absolute Gasteiger partial charge is 0.496 e. The van der Waals surface area contributed by atoms with Crippen LogP contribution in [0.5, 0.6) is 11.5 Å². The normalized spacial score (nSPS) is 14.7. The molecule has 44 heavy (non-hydrogen) atoms. The molecule has 3 aromatic carbocycles. The van der Waals surface area contributed by atoms with Crippen molar-refractivity contribution in [3.8, 4) is 11.5 Å². The molecule has 0 bridgehead atoms. The summed E-state index contributed by atoms with van der Waals surface area (Å²) in [7, 11) is 1.54. The Morgan fingerprint density at radius 2 is 1.82 bits per heavy atom. The van der Waals surface area contributed by atoms with Crippen molar-refractivity contribution >= 4 is 45.3 Å². The van der Waals surface area contributed by atoms with E-state index in [1.54, 1.807) is 51.1 Å². The molecular weight excluding hydrogens is 648 g/mol. The number of carboxylic acid groups (broad SMARTS) is 1. The molecule has 4 aromatic rings. The van der Waals surface area contributed by atoms with Crippen LogP contribution in [0, 0.1) is 0 Å². The van der Waals surface area contributed by atoms with Crippen molar-refractivity contribution in [2.75, 3.05) is 7.11 Å². The van der Waals surface area contributed by atoms with Crippen LogP contribution in [0.2, 0.25) is 0 Å². The van der Waals surface area contributed by atoms with Crippen LogP contribution in [0.25, 0.3) is 6.08 Å². The predicted octanol–water partition coefficient (Wildman–Crippen LogP) is 5.24. The van der Waals surface area contributed by atoms with Gasteiger partial charge in [-0.2, -0.15) is 0 Å². The van der Waals surface area contributed by atoms with Crippen LogP contribution >= 0.6 is 27.3 Å².